The molecule has 0 atom stereocenters. The van der Waals surface area contributed by atoms with Gasteiger partial charge in [0.25, 0.3) is 5.69 Å². The molecule has 1 aromatic rings. The van der Waals surface area contributed by atoms with E-state index in [-0.39, 0.29) is 11.6 Å². The van der Waals surface area contributed by atoms with Crippen LogP contribution in [-0.4, -0.2) is 22.5 Å². The molecule has 1 aliphatic carbocycles. The third kappa shape index (κ3) is 4.53. The highest BCUT2D eigenvalue weighted by atomic mass is 16.6. The van der Waals surface area contributed by atoms with Crippen LogP contribution in [0.2, 0.25) is 0 Å². The Bertz CT molecular complexity index is 493. The highest BCUT2D eigenvalue weighted by Crippen LogP contribution is 2.28. The number of non-ortho nitro benzene ring substituents is 1. The molecule has 6 nitrogen and oxygen atoms in total. The fourth-order valence-electron chi connectivity index (χ4n) is 2.77. The zero-order valence-electron chi connectivity index (χ0n) is 11.8. The van der Waals surface area contributed by atoms with E-state index in [2.05, 4.69) is 5.32 Å². The van der Waals surface area contributed by atoms with Gasteiger partial charge in [-0.2, -0.15) is 0 Å². The van der Waals surface area contributed by atoms with Crippen molar-refractivity contribution in [3.8, 4) is 0 Å². The highest BCUT2D eigenvalue weighted by Gasteiger charge is 2.25. The van der Waals surface area contributed by atoms with Crippen molar-refractivity contribution in [1.29, 1.82) is 0 Å². The molecule has 2 N–H and O–H groups in total. The predicted octanol–water partition coefficient (Wildman–Crippen LogP) is 2.58. The van der Waals surface area contributed by atoms with Crippen LogP contribution in [0.4, 0.5) is 5.69 Å². The van der Waals surface area contributed by atoms with E-state index in [1.165, 1.54) is 12.1 Å². The first-order valence-corrected chi connectivity index (χ1v) is 7.23. The molecule has 0 heterocycles. The minimum Gasteiger partial charge on any atom is -0.481 e. The molecule has 6 heteroatoms. The van der Waals surface area contributed by atoms with Crippen molar-refractivity contribution < 1.29 is 14.8 Å². The molecule has 0 aliphatic heterocycles. The summed E-state index contributed by atoms with van der Waals surface area (Å²) in [5.74, 6) is -0.318. The van der Waals surface area contributed by atoms with Crippen LogP contribution < -0.4 is 5.32 Å². The molecule has 0 saturated heterocycles. The van der Waals surface area contributed by atoms with Crippen molar-refractivity contribution in [3.05, 3.63) is 39.9 Å². The van der Waals surface area contributed by atoms with Crippen LogP contribution >= 0.6 is 0 Å². The Morgan fingerprint density at radius 2 is 1.86 bits per heavy atom. The summed E-state index contributed by atoms with van der Waals surface area (Å²) in [6, 6.07) is 6.53. The summed E-state index contributed by atoms with van der Waals surface area (Å²) in [5.41, 5.74) is 1.12. The molecule has 21 heavy (non-hydrogen) atoms. The lowest BCUT2D eigenvalue weighted by Gasteiger charge is -2.26. The lowest BCUT2D eigenvalue weighted by atomic mass is 9.82. The number of carboxylic acid groups (broad SMARTS) is 1. The summed E-state index contributed by atoms with van der Waals surface area (Å²) in [4.78, 5) is 21.0. The molecule has 1 fully saturated rings. The number of aliphatic carboxylic acids is 1. The number of nitrogens with zero attached hydrogens (tertiary/aromatic N) is 1. The van der Waals surface area contributed by atoms with E-state index in [0.29, 0.717) is 12.5 Å². The van der Waals surface area contributed by atoms with E-state index >= 15 is 0 Å². The van der Waals surface area contributed by atoms with E-state index < -0.39 is 10.9 Å². The van der Waals surface area contributed by atoms with Gasteiger partial charge in [0.05, 0.1) is 10.8 Å². The molecular formula is C15H20N2O4. The molecule has 0 amide bonds. The molecule has 1 aliphatic rings. The topological polar surface area (TPSA) is 92.5 Å². The highest BCUT2D eigenvalue weighted by molar-refractivity contribution is 5.69. The van der Waals surface area contributed by atoms with Crippen LogP contribution in [0.1, 0.15) is 31.2 Å². The third-order valence-corrected chi connectivity index (χ3v) is 4.11. The second-order valence-electron chi connectivity index (χ2n) is 5.61. The van der Waals surface area contributed by atoms with Crippen LogP contribution in [-0.2, 0) is 11.3 Å². The first kappa shape index (κ1) is 15.4. The SMILES string of the molecule is O=C(O)C1CCC(CNCc2ccc([N+](=O)[O-])cc2)CC1. The largest absolute Gasteiger partial charge is 0.481 e. The molecule has 1 saturated carbocycles. The maximum atomic E-state index is 10.9. The number of carboxylic acids is 1. The fraction of sp³-hybridized carbons (Fsp3) is 0.533. The van der Waals surface area contributed by atoms with Gasteiger partial charge in [0.2, 0.25) is 0 Å². The van der Waals surface area contributed by atoms with Crippen molar-refractivity contribution in [3.63, 3.8) is 0 Å². The maximum absolute atomic E-state index is 10.9. The molecule has 0 spiro atoms. The molecule has 114 valence electrons. The van der Waals surface area contributed by atoms with Crippen molar-refractivity contribution in [2.24, 2.45) is 11.8 Å². The van der Waals surface area contributed by atoms with Crippen molar-refractivity contribution in [2.45, 2.75) is 32.2 Å². The van der Waals surface area contributed by atoms with Gasteiger partial charge in [-0.05, 0) is 43.7 Å². The molecular weight excluding hydrogens is 272 g/mol. The Balaban J connectivity index is 1.70. The average molecular weight is 292 g/mol. The van der Waals surface area contributed by atoms with Crippen LogP contribution in [0.5, 0.6) is 0 Å². The Kier molecular flexibility index (Phi) is 5.27. The number of nitro benzene ring substituents is 1. The number of hydrogen-bond acceptors (Lipinski definition) is 4. The summed E-state index contributed by atoms with van der Waals surface area (Å²) in [7, 11) is 0. The molecule has 0 radical (unpaired) electrons. The zero-order valence-corrected chi connectivity index (χ0v) is 11.8. The second-order valence-corrected chi connectivity index (χ2v) is 5.61. The molecule has 0 unspecified atom stereocenters. The van der Waals surface area contributed by atoms with E-state index in [9.17, 15) is 14.9 Å². The van der Waals surface area contributed by atoms with Crippen molar-refractivity contribution in [2.75, 3.05) is 6.54 Å². The summed E-state index contributed by atoms with van der Waals surface area (Å²) in [5, 5.41) is 22.8. The van der Waals surface area contributed by atoms with Crippen LogP contribution in [0, 0.1) is 22.0 Å². The maximum Gasteiger partial charge on any atom is 0.306 e. The molecule has 1 aromatic carbocycles. The lowest BCUT2D eigenvalue weighted by molar-refractivity contribution is -0.384. The average Bonchev–Trinajstić information content (AvgIpc) is 2.48. The van der Waals surface area contributed by atoms with Gasteiger partial charge in [0, 0.05) is 18.7 Å². The first-order valence-electron chi connectivity index (χ1n) is 7.23. The second kappa shape index (κ2) is 7.17. The summed E-state index contributed by atoms with van der Waals surface area (Å²) in [6.07, 6.45) is 3.42. The summed E-state index contributed by atoms with van der Waals surface area (Å²) < 4.78 is 0. The monoisotopic (exact) mass is 292 g/mol. The van der Waals surface area contributed by atoms with Gasteiger partial charge < -0.3 is 10.4 Å². The van der Waals surface area contributed by atoms with Gasteiger partial charge in [0.1, 0.15) is 0 Å². The standard InChI is InChI=1S/C15H20N2O4/c18-15(19)13-5-1-11(2-6-13)9-16-10-12-3-7-14(8-4-12)17(20)21/h3-4,7-8,11,13,16H,1-2,5-6,9-10H2,(H,18,19). The quantitative estimate of drug-likeness (QED) is 0.621. The van der Waals surface area contributed by atoms with E-state index in [1.807, 2.05) is 0 Å². The Morgan fingerprint density at radius 3 is 2.38 bits per heavy atom. The van der Waals surface area contributed by atoms with Gasteiger partial charge in [-0.15, -0.1) is 0 Å². The van der Waals surface area contributed by atoms with Crippen LogP contribution in [0.25, 0.3) is 0 Å². The third-order valence-electron chi connectivity index (χ3n) is 4.11. The van der Waals surface area contributed by atoms with Crippen LogP contribution in [0.3, 0.4) is 0 Å². The molecule has 2 rings (SSSR count). The summed E-state index contributed by atoms with van der Waals surface area (Å²) in [6.45, 7) is 1.54. The molecule has 0 aromatic heterocycles. The van der Waals surface area contributed by atoms with Gasteiger partial charge in [-0.1, -0.05) is 12.1 Å². The van der Waals surface area contributed by atoms with E-state index in [0.717, 1.165) is 37.8 Å². The Labute approximate surface area is 123 Å². The van der Waals surface area contributed by atoms with Crippen molar-refractivity contribution >= 4 is 11.7 Å². The van der Waals surface area contributed by atoms with Gasteiger partial charge in [0.15, 0.2) is 0 Å². The first-order chi connectivity index (χ1) is 10.1. The fourth-order valence-corrected chi connectivity index (χ4v) is 2.77. The smallest absolute Gasteiger partial charge is 0.306 e. The number of nitro groups is 1. The van der Waals surface area contributed by atoms with E-state index in [1.54, 1.807) is 12.1 Å². The Morgan fingerprint density at radius 1 is 1.24 bits per heavy atom. The number of rotatable bonds is 6. The van der Waals surface area contributed by atoms with E-state index in [4.69, 9.17) is 5.11 Å². The van der Waals surface area contributed by atoms with Crippen LogP contribution in [0.15, 0.2) is 24.3 Å². The van der Waals surface area contributed by atoms with Crippen molar-refractivity contribution in [1.82, 2.24) is 5.32 Å². The summed E-state index contributed by atoms with van der Waals surface area (Å²) >= 11 is 0. The Hall–Kier alpha value is -1.95. The lowest BCUT2D eigenvalue weighted by Crippen LogP contribution is -2.28. The molecule has 0 bridgehead atoms. The van der Waals surface area contributed by atoms with Gasteiger partial charge in [-0.3, -0.25) is 14.9 Å². The minimum absolute atomic E-state index is 0.103. The number of hydrogen-bond donors (Lipinski definition) is 2. The predicted molar refractivity (Wildman–Crippen MR) is 77.9 cm³/mol. The van der Waals surface area contributed by atoms with Gasteiger partial charge in [-0.25, -0.2) is 0 Å². The number of benzene rings is 1. The number of carbonyl (C=O) groups is 1. The zero-order chi connectivity index (χ0) is 15.2. The van der Waals surface area contributed by atoms with Gasteiger partial charge >= 0.3 is 5.97 Å². The normalized spacial score (nSPS) is 21.9. The minimum atomic E-state index is -0.674. The number of nitrogens with one attached hydrogen (secondary N) is 1.